The Morgan fingerprint density at radius 3 is 1.92 bits per heavy atom. The molecule has 70 valence electrons. The average Bonchev–Trinajstić information content (AvgIpc) is 2.13. The molecule has 0 heterocycles. The number of hydrogen-bond donors (Lipinski definition) is 0. The first-order chi connectivity index (χ1) is 6.00. The molecule has 13 heavy (non-hydrogen) atoms. The predicted octanol–water partition coefficient (Wildman–Crippen LogP) is 3.01. The van der Waals surface area contributed by atoms with Gasteiger partial charge in [-0.3, -0.25) is 4.99 Å². The molecule has 2 atom stereocenters. The van der Waals surface area contributed by atoms with Gasteiger partial charge in [0, 0.05) is 7.05 Å². The van der Waals surface area contributed by atoms with E-state index in [1.807, 2.05) is 0 Å². The predicted molar refractivity (Wildman–Crippen MR) is 59.1 cm³/mol. The third-order valence-electron chi connectivity index (χ3n) is 3.05. The molecule has 0 radical (unpaired) electrons. The van der Waals surface area contributed by atoms with Gasteiger partial charge in [0.25, 0.3) is 0 Å². The highest BCUT2D eigenvalue weighted by molar-refractivity contribution is 6.15. The lowest BCUT2D eigenvalue weighted by molar-refractivity contribution is 0.516. The summed E-state index contributed by atoms with van der Waals surface area (Å²) in [6.45, 7) is 16.4. The molecule has 1 aliphatic rings. The Morgan fingerprint density at radius 2 is 1.46 bits per heavy atom. The summed E-state index contributed by atoms with van der Waals surface area (Å²) in [5.41, 5.74) is 4.08. The van der Waals surface area contributed by atoms with Gasteiger partial charge in [-0.05, 0) is 28.6 Å². The fourth-order valence-corrected chi connectivity index (χ4v) is 1.72. The molecule has 0 spiro atoms. The molecule has 0 amide bonds. The largest absolute Gasteiger partial charge is 0.288 e. The van der Waals surface area contributed by atoms with E-state index in [9.17, 15) is 0 Å². The average molecular weight is 175 g/mol. The van der Waals surface area contributed by atoms with Crippen LogP contribution in [0.2, 0.25) is 0 Å². The summed E-state index contributed by atoms with van der Waals surface area (Å²) in [6.07, 6.45) is 0. The van der Waals surface area contributed by atoms with Crippen LogP contribution in [0.3, 0.4) is 0 Å². The zero-order valence-electron chi connectivity index (χ0n) is 8.72. The molecule has 0 aromatic heterocycles. The maximum Gasteiger partial charge on any atom is 0.0668 e. The minimum atomic E-state index is 0.427. The van der Waals surface area contributed by atoms with Crippen LogP contribution in [0.4, 0.5) is 0 Å². The van der Waals surface area contributed by atoms with Crippen molar-refractivity contribution in [2.24, 2.45) is 16.8 Å². The van der Waals surface area contributed by atoms with E-state index in [1.165, 1.54) is 0 Å². The number of aliphatic imine (C=N–C) groups is 1. The van der Waals surface area contributed by atoms with Crippen LogP contribution in [0.1, 0.15) is 13.8 Å². The molecule has 1 rings (SSSR count). The lowest BCUT2D eigenvalue weighted by Gasteiger charge is -2.32. The van der Waals surface area contributed by atoms with E-state index < -0.39 is 0 Å². The number of hydrogen-bond acceptors (Lipinski definition) is 1. The van der Waals surface area contributed by atoms with E-state index in [2.05, 4.69) is 38.6 Å². The lowest BCUT2D eigenvalue weighted by atomic mass is 9.72. The molecule has 0 aliphatic heterocycles. The van der Waals surface area contributed by atoms with Crippen LogP contribution >= 0.6 is 0 Å². The fraction of sp³-hybridized carbons (Fsp3) is 0.417. The van der Waals surface area contributed by atoms with Crippen molar-refractivity contribution in [3.8, 4) is 0 Å². The van der Waals surface area contributed by atoms with Crippen molar-refractivity contribution in [2.45, 2.75) is 13.8 Å². The van der Waals surface area contributed by atoms with Crippen LogP contribution in [-0.4, -0.2) is 12.8 Å². The van der Waals surface area contributed by atoms with Crippen molar-refractivity contribution in [2.75, 3.05) is 7.05 Å². The van der Waals surface area contributed by atoms with Gasteiger partial charge in [0.1, 0.15) is 0 Å². The van der Waals surface area contributed by atoms with E-state index in [1.54, 1.807) is 7.05 Å². The number of nitrogens with zero attached hydrogens (tertiary/aromatic N) is 1. The summed E-state index contributed by atoms with van der Waals surface area (Å²) in [6, 6.07) is 0. The molecule has 0 aromatic carbocycles. The molecule has 1 heteroatoms. The van der Waals surface area contributed by atoms with E-state index in [0.717, 1.165) is 22.4 Å². The van der Waals surface area contributed by atoms with Crippen molar-refractivity contribution in [1.82, 2.24) is 0 Å². The summed E-state index contributed by atoms with van der Waals surface area (Å²) < 4.78 is 0. The second-order valence-electron chi connectivity index (χ2n) is 3.68. The summed E-state index contributed by atoms with van der Waals surface area (Å²) in [5.74, 6) is 0.863. The second-order valence-corrected chi connectivity index (χ2v) is 3.68. The second kappa shape index (κ2) is 3.33. The Hall–Kier alpha value is -1.11. The summed E-state index contributed by atoms with van der Waals surface area (Å²) in [5, 5.41) is 0. The molecule has 1 nitrogen and oxygen atoms in total. The lowest BCUT2D eigenvalue weighted by Crippen LogP contribution is -2.27. The van der Waals surface area contributed by atoms with Gasteiger partial charge in [0.15, 0.2) is 0 Å². The van der Waals surface area contributed by atoms with Crippen LogP contribution in [0.25, 0.3) is 0 Å². The van der Waals surface area contributed by atoms with Crippen LogP contribution in [0, 0.1) is 11.8 Å². The summed E-state index contributed by atoms with van der Waals surface area (Å²) >= 11 is 0. The van der Waals surface area contributed by atoms with Crippen LogP contribution in [-0.2, 0) is 0 Å². The molecule has 1 aliphatic carbocycles. The summed E-state index contributed by atoms with van der Waals surface area (Å²) in [4.78, 5) is 4.20. The number of allylic oxidation sites excluding steroid dienone is 3. The monoisotopic (exact) mass is 175 g/mol. The quantitative estimate of drug-likeness (QED) is 0.536. The molecule has 1 fully saturated rings. The highest BCUT2D eigenvalue weighted by Crippen LogP contribution is 2.36. The van der Waals surface area contributed by atoms with Crippen molar-refractivity contribution >= 4 is 5.71 Å². The third-order valence-corrected chi connectivity index (χ3v) is 3.05. The van der Waals surface area contributed by atoms with E-state index in [4.69, 9.17) is 0 Å². The third kappa shape index (κ3) is 1.39. The first-order valence-electron chi connectivity index (χ1n) is 4.55. The van der Waals surface area contributed by atoms with Gasteiger partial charge >= 0.3 is 0 Å². The van der Waals surface area contributed by atoms with Gasteiger partial charge in [0.05, 0.1) is 5.71 Å². The topological polar surface area (TPSA) is 12.4 Å². The fourth-order valence-electron chi connectivity index (χ4n) is 1.72. The van der Waals surface area contributed by atoms with Gasteiger partial charge in [-0.15, -0.1) is 0 Å². The molecule has 0 N–H and O–H groups in total. The van der Waals surface area contributed by atoms with Crippen molar-refractivity contribution in [1.29, 1.82) is 0 Å². The van der Waals surface area contributed by atoms with Crippen molar-refractivity contribution in [3.63, 3.8) is 0 Å². The van der Waals surface area contributed by atoms with Crippen LogP contribution in [0.5, 0.6) is 0 Å². The Balaban J connectivity index is 3.14. The first-order valence-corrected chi connectivity index (χ1v) is 4.55. The maximum atomic E-state index is 4.20. The van der Waals surface area contributed by atoms with Gasteiger partial charge in [-0.25, -0.2) is 0 Å². The zero-order chi connectivity index (χ0) is 10.2. The Kier molecular flexibility index (Phi) is 2.55. The molecule has 0 aromatic rings. The molecular formula is C12H17N. The minimum absolute atomic E-state index is 0.427. The molecular weight excluding hydrogens is 158 g/mol. The van der Waals surface area contributed by atoms with Crippen molar-refractivity contribution < 1.29 is 0 Å². The van der Waals surface area contributed by atoms with Gasteiger partial charge in [-0.1, -0.05) is 33.6 Å². The van der Waals surface area contributed by atoms with Crippen LogP contribution in [0.15, 0.2) is 41.4 Å². The minimum Gasteiger partial charge on any atom is -0.288 e. The Morgan fingerprint density at radius 1 is 1.00 bits per heavy atom. The summed E-state index contributed by atoms with van der Waals surface area (Å²) in [7, 11) is 1.78. The van der Waals surface area contributed by atoms with Crippen LogP contribution < -0.4 is 0 Å². The first kappa shape index (κ1) is 9.97. The van der Waals surface area contributed by atoms with Gasteiger partial charge in [-0.2, -0.15) is 0 Å². The van der Waals surface area contributed by atoms with E-state index in [-0.39, 0.29) is 0 Å². The smallest absolute Gasteiger partial charge is 0.0668 e. The highest BCUT2D eigenvalue weighted by atomic mass is 14.7. The Bertz CT molecular complexity index is 307. The molecule has 0 bridgehead atoms. The van der Waals surface area contributed by atoms with E-state index >= 15 is 0 Å². The van der Waals surface area contributed by atoms with Gasteiger partial charge in [0.2, 0.25) is 0 Å². The zero-order valence-corrected chi connectivity index (χ0v) is 8.72. The van der Waals surface area contributed by atoms with Gasteiger partial charge < -0.3 is 0 Å². The Labute approximate surface area is 80.6 Å². The standard InChI is InChI=1S/C12H17N/c1-7-8(2)10(4)12(13-6)11(5)9(7)3/h7,9H,2,4-5H2,1,3,6H3. The maximum absolute atomic E-state index is 4.20. The number of rotatable bonds is 0. The van der Waals surface area contributed by atoms with E-state index in [0.29, 0.717) is 11.8 Å². The molecule has 0 saturated heterocycles. The SMILES string of the molecule is C=C1C(=C)C(C)C(C)C(=C)C1=NC. The highest BCUT2D eigenvalue weighted by Gasteiger charge is 2.29. The molecule has 1 saturated carbocycles. The van der Waals surface area contributed by atoms with Crippen molar-refractivity contribution in [3.05, 3.63) is 36.5 Å². The normalized spacial score (nSPS) is 32.8. The molecule has 2 unspecified atom stereocenters.